The highest BCUT2D eigenvalue weighted by Gasteiger charge is 2.33. The van der Waals surface area contributed by atoms with Gasteiger partial charge >= 0.3 is 12.1 Å². The minimum atomic E-state index is -4.50. The van der Waals surface area contributed by atoms with E-state index in [0.29, 0.717) is 0 Å². The van der Waals surface area contributed by atoms with Gasteiger partial charge in [0, 0.05) is 24.3 Å². The first-order valence-electron chi connectivity index (χ1n) is 8.16. The van der Waals surface area contributed by atoms with E-state index in [0.717, 1.165) is 38.1 Å². The number of nitrogens with zero attached hydrogens (tertiary/aromatic N) is 2. The molecule has 0 bridgehead atoms. The first-order valence-corrected chi connectivity index (χ1v) is 8.16. The van der Waals surface area contributed by atoms with Crippen LogP contribution in [0.2, 0.25) is 0 Å². The van der Waals surface area contributed by atoms with Crippen LogP contribution in [0.3, 0.4) is 0 Å². The van der Waals surface area contributed by atoms with E-state index in [2.05, 4.69) is 5.18 Å². The Kier molecular flexibility index (Phi) is 6.52. The van der Waals surface area contributed by atoms with Crippen molar-refractivity contribution in [1.29, 1.82) is 0 Å². The normalized spacial score (nSPS) is 13.3. The van der Waals surface area contributed by atoms with Crippen molar-refractivity contribution in [1.82, 2.24) is 0 Å². The molecule has 0 aliphatic carbocycles. The van der Waals surface area contributed by atoms with Gasteiger partial charge in [-0.15, -0.1) is 4.91 Å². The Bertz CT molecular complexity index is 915. The number of carbonyl (C=O) groups excluding carboxylic acids is 1. The number of ether oxygens (including phenoxy) is 2. The van der Waals surface area contributed by atoms with Crippen molar-refractivity contribution in [2.75, 3.05) is 0 Å². The zero-order chi connectivity index (χ0) is 21.8. The lowest BCUT2D eigenvalue weighted by Gasteiger charge is -2.16. The topological polar surface area (TPSA) is 108 Å². The molecule has 2 rings (SSSR count). The molecule has 0 saturated heterocycles. The van der Waals surface area contributed by atoms with Gasteiger partial charge in [0.05, 0.1) is 5.56 Å². The maximum atomic E-state index is 12.6. The maximum absolute atomic E-state index is 12.6. The van der Waals surface area contributed by atoms with Crippen LogP contribution < -0.4 is 9.47 Å². The molecule has 154 valence electrons. The number of carbonyl (C=O) groups is 1. The number of alkyl halides is 3. The lowest BCUT2D eigenvalue weighted by atomic mass is 10.0. The molecule has 0 aliphatic heterocycles. The smallest absolute Gasteiger partial charge is 0.416 e. The lowest BCUT2D eigenvalue weighted by Crippen LogP contribution is -2.23. The third kappa shape index (κ3) is 5.50. The molecule has 0 saturated carbocycles. The molecule has 0 amide bonds. The molecule has 0 aromatic heterocycles. The van der Waals surface area contributed by atoms with E-state index in [1.165, 1.54) is 18.2 Å². The Hall–Kier alpha value is -3.50. The number of nitro groups is 1. The maximum Gasteiger partial charge on any atom is 0.416 e. The van der Waals surface area contributed by atoms with Gasteiger partial charge in [0.15, 0.2) is 6.04 Å². The predicted molar refractivity (Wildman–Crippen MR) is 94.3 cm³/mol. The summed E-state index contributed by atoms with van der Waals surface area (Å²) >= 11 is 0. The van der Waals surface area contributed by atoms with Crippen LogP contribution in [0.5, 0.6) is 17.2 Å². The second-order valence-corrected chi connectivity index (χ2v) is 5.99. The summed E-state index contributed by atoms with van der Waals surface area (Å²) in [6.45, 7) is 2.27. The molecule has 2 aromatic carbocycles. The van der Waals surface area contributed by atoms with Crippen LogP contribution >= 0.6 is 0 Å². The summed E-state index contributed by atoms with van der Waals surface area (Å²) in [6, 6.07) is 4.72. The van der Waals surface area contributed by atoms with Crippen molar-refractivity contribution in [3.8, 4) is 17.2 Å². The molecule has 0 N–H and O–H groups in total. The minimum absolute atomic E-state index is 0.0554. The number of esters is 1. The van der Waals surface area contributed by atoms with Crippen LogP contribution in [0.15, 0.2) is 47.6 Å². The van der Waals surface area contributed by atoms with E-state index in [4.69, 9.17) is 9.47 Å². The van der Waals surface area contributed by atoms with Crippen molar-refractivity contribution < 1.29 is 32.4 Å². The number of rotatable bonds is 7. The summed E-state index contributed by atoms with van der Waals surface area (Å²) in [5.41, 5.74) is -0.926. The first kappa shape index (κ1) is 21.8. The molecule has 2 unspecified atom stereocenters. The summed E-state index contributed by atoms with van der Waals surface area (Å²) < 4.78 is 48.4. The third-order valence-electron chi connectivity index (χ3n) is 3.87. The average molecular weight is 412 g/mol. The Morgan fingerprint density at radius 2 is 1.72 bits per heavy atom. The Morgan fingerprint density at radius 1 is 1.14 bits per heavy atom. The highest BCUT2D eigenvalue weighted by atomic mass is 19.4. The van der Waals surface area contributed by atoms with E-state index in [9.17, 15) is 33.0 Å². The fourth-order valence-corrected chi connectivity index (χ4v) is 2.44. The van der Waals surface area contributed by atoms with Crippen molar-refractivity contribution in [3.63, 3.8) is 0 Å². The Morgan fingerprint density at radius 3 is 2.21 bits per heavy atom. The fraction of sp³-hybridized carbons (Fsp3) is 0.278. The zero-order valence-electron chi connectivity index (χ0n) is 15.2. The van der Waals surface area contributed by atoms with E-state index >= 15 is 0 Å². The fourth-order valence-electron chi connectivity index (χ4n) is 2.44. The van der Waals surface area contributed by atoms with Gasteiger partial charge in [-0.05, 0) is 42.5 Å². The van der Waals surface area contributed by atoms with E-state index in [1.54, 1.807) is 0 Å². The third-order valence-corrected chi connectivity index (χ3v) is 3.87. The summed E-state index contributed by atoms with van der Waals surface area (Å²) in [4.78, 5) is 32.9. The van der Waals surface area contributed by atoms with Crippen LogP contribution in [0, 0.1) is 15.0 Å². The SMILES string of the molecule is CC(=O)Oc1ccc(Oc2ccc(C(F)(F)F)cc2)cc1C(N=O)C(C)[N+](=O)[O-]. The van der Waals surface area contributed by atoms with Gasteiger partial charge in [0.2, 0.25) is 6.04 Å². The Balaban J connectivity index is 2.40. The van der Waals surface area contributed by atoms with Crippen molar-refractivity contribution in [2.24, 2.45) is 5.18 Å². The quantitative estimate of drug-likeness (QED) is 0.211. The average Bonchev–Trinajstić information content (AvgIpc) is 2.63. The standard InChI is InChI=1S/C18H15F3N2O6/c1-10(23(26)27)17(22-25)15-9-14(7-8-16(15)28-11(2)24)29-13-5-3-12(4-6-13)18(19,20)21/h3-10,17H,1-2H3. The molecular formula is C18H15F3N2O6. The molecule has 0 fully saturated rings. The number of hydrogen-bond acceptors (Lipinski definition) is 7. The second kappa shape index (κ2) is 8.67. The first-order chi connectivity index (χ1) is 13.5. The van der Waals surface area contributed by atoms with Gasteiger partial charge in [-0.1, -0.05) is 5.18 Å². The van der Waals surface area contributed by atoms with Gasteiger partial charge < -0.3 is 9.47 Å². The molecular weight excluding hydrogens is 397 g/mol. The van der Waals surface area contributed by atoms with Crippen LogP contribution in [-0.2, 0) is 11.0 Å². The molecule has 11 heteroatoms. The van der Waals surface area contributed by atoms with Gasteiger partial charge in [0.25, 0.3) is 0 Å². The molecule has 0 heterocycles. The Labute approximate surface area is 162 Å². The van der Waals surface area contributed by atoms with Crippen molar-refractivity contribution >= 4 is 5.97 Å². The van der Waals surface area contributed by atoms with Crippen molar-refractivity contribution in [3.05, 3.63) is 68.6 Å². The number of benzene rings is 2. The largest absolute Gasteiger partial charge is 0.457 e. The number of hydrogen-bond donors (Lipinski definition) is 0. The van der Waals surface area contributed by atoms with Gasteiger partial charge in [-0.2, -0.15) is 13.2 Å². The van der Waals surface area contributed by atoms with Gasteiger partial charge in [-0.3, -0.25) is 14.9 Å². The monoisotopic (exact) mass is 412 g/mol. The second-order valence-electron chi connectivity index (χ2n) is 5.99. The zero-order valence-corrected chi connectivity index (χ0v) is 15.2. The minimum Gasteiger partial charge on any atom is -0.457 e. The summed E-state index contributed by atoms with van der Waals surface area (Å²) in [7, 11) is 0. The molecule has 0 aliphatic rings. The lowest BCUT2D eigenvalue weighted by molar-refractivity contribution is -0.522. The summed E-state index contributed by atoms with van der Waals surface area (Å²) in [5, 5.41) is 13.8. The summed E-state index contributed by atoms with van der Waals surface area (Å²) in [5.74, 6) is -0.724. The molecule has 2 aromatic rings. The van der Waals surface area contributed by atoms with Crippen LogP contribution in [0.1, 0.15) is 31.0 Å². The van der Waals surface area contributed by atoms with Gasteiger partial charge in [-0.25, -0.2) is 0 Å². The van der Waals surface area contributed by atoms with Crippen LogP contribution in [0.25, 0.3) is 0 Å². The van der Waals surface area contributed by atoms with Gasteiger partial charge in [0.1, 0.15) is 17.2 Å². The van der Waals surface area contributed by atoms with E-state index in [-0.39, 0.29) is 22.8 Å². The molecule has 8 nitrogen and oxygen atoms in total. The highest BCUT2D eigenvalue weighted by molar-refractivity contribution is 5.70. The highest BCUT2D eigenvalue weighted by Crippen LogP contribution is 2.36. The van der Waals surface area contributed by atoms with Crippen LogP contribution in [0.4, 0.5) is 13.2 Å². The number of nitroso groups, excluding NO2 is 1. The molecule has 2 atom stereocenters. The number of halogens is 3. The molecule has 0 spiro atoms. The van der Waals surface area contributed by atoms with E-state index < -0.39 is 34.7 Å². The molecule has 0 radical (unpaired) electrons. The van der Waals surface area contributed by atoms with Crippen molar-refractivity contribution in [2.45, 2.75) is 32.1 Å². The predicted octanol–water partition coefficient (Wildman–Crippen LogP) is 4.90. The van der Waals surface area contributed by atoms with Crippen LogP contribution in [-0.4, -0.2) is 16.9 Å². The molecule has 29 heavy (non-hydrogen) atoms. The summed E-state index contributed by atoms with van der Waals surface area (Å²) in [6.07, 6.45) is -4.50. The van der Waals surface area contributed by atoms with E-state index in [1.807, 2.05) is 0 Å².